The van der Waals surface area contributed by atoms with Crippen LogP contribution in [0.15, 0.2) is 24.7 Å². The van der Waals surface area contributed by atoms with Crippen molar-refractivity contribution in [1.29, 1.82) is 0 Å². The molecule has 0 atom stereocenters. The van der Waals surface area contributed by atoms with Crippen molar-refractivity contribution in [2.45, 2.75) is 13.8 Å². The number of rotatable bonds is 1. The van der Waals surface area contributed by atoms with Gasteiger partial charge in [0.1, 0.15) is 0 Å². The van der Waals surface area contributed by atoms with Crippen LogP contribution in [0.4, 0.5) is 0 Å². The molecule has 0 saturated heterocycles. The molecule has 0 fully saturated rings. The highest BCUT2D eigenvalue weighted by molar-refractivity contribution is 5.95. The minimum atomic E-state index is 0.0862. The van der Waals surface area contributed by atoms with Crippen LogP contribution in [0.2, 0.25) is 0 Å². The first-order valence-corrected chi connectivity index (χ1v) is 4.13. The van der Waals surface area contributed by atoms with Crippen molar-refractivity contribution in [3.05, 3.63) is 35.9 Å². The molecule has 0 N–H and O–H groups in total. The third-order valence-electron chi connectivity index (χ3n) is 2.14. The lowest BCUT2D eigenvalue weighted by molar-refractivity contribution is 0.101. The van der Waals surface area contributed by atoms with E-state index in [2.05, 4.69) is 4.98 Å². The zero-order valence-corrected chi connectivity index (χ0v) is 7.61. The normalized spacial score (nSPS) is 10.6. The van der Waals surface area contributed by atoms with Crippen LogP contribution in [0.1, 0.15) is 23.0 Å². The van der Waals surface area contributed by atoms with Gasteiger partial charge in [0.25, 0.3) is 0 Å². The van der Waals surface area contributed by atoms with Crippen LogP contribution in [0, 0.1) is 6.92 Å². The molecule has 0 spiro atoms. The van der Waals surface area contributed by atoms with Crippen molar-refractivity contribution in [2.24, 2.45) is 0 Å². The van der Waals surface area contributed by atoms with Gasteiger partial charge in [-0.3, -0.25) is 4.79 Å². The Balaban J connectivity index is 2.72. The summed E-state index contributed by atoms with van der Waals surface area (Å²) in [4.78, 5) is 15.2. The van der Waals surface area contributed by atoms with E-state index in [0.29, 0.717) is 0 Å². The second kappa shape index (κ2) is 2.69. The van der Waals surface area contributed by atoms with Crippen molar-refractivity contribution in [1.82, 2.24) is 9.38 Å². The van der Waals surface area contributed by atoms with Gasteiger partial charge in [0, 0.05) is 11.8 Å². The molecular formula is C10H10N2O. The molecule has 0 aliphatic heterocycles. The van der Waals surface area contributed by atoms with Gasteiger partial charge < -0.3 is 4.40 Å². The van der Waals surface area contributed by atoms with E-state index in [-0.39, 0.29) is 5.78 Å². The molecule has 0 unspecified atom stereocenters. The number of Topliss-reactive ketones (excluding diaryl/α,β-unsaturated/α-hetero) is 1. The largest absolute Gasteiger partial charge is 0.306 e. The van der Waals surface area contributed by atoms with E-state index in [9.17, 15) is 4.79 Å². The van der Waals surface area contributed by atoms with Crippen LogP contribution >= 0.6 is 0 Å². The predicted octanol–water partition coefficient (Wildman–Crippen LogP) is 1.85. The highest BCUT2D eigenvalue weighted by atomic mass is 16.1. The number of hydrogen-bond acceptors (Lipinski definition) is 2. The molecule has 0 bridgehead atoms. The van der Waals surface area contributed by atoms with Crippen LogP contribution in [-0.2, 0) is 0 Å². The van der Waals surface area contributed by atoms with Crippen molar-refractivity contribution >= 4 is 11.3 Å². The Kier molecular flexibility index (Phi) is 1.65. The molecular weight excluding hydrogens is 164 g/mol. The van der Waals surface area contributed by atoms with E-state index in [1.807, 2.05) is 23.6 Å². The Bertz CT molecular complexity index is 471. The number of aromatic nitrogens is 2. The fraction of sp³-hybridized carbons (Fsp3) is 0.200. The number of pyridine rings is 1. The SMILES string of the molecule is CC(=O)c1ccn2cnc(C)c2c1. The quantitative estimate of drug-likeness (QED) is 0.618. The van der Waals surface area contributed by atoms with Gasteiger partial charge in [-0.05, 0) is 26.0 Å². The Labute approximate surface area is 76.0 Å². The van der Waals surface area contributed by atoms with E-state index < -0.39 is 0 Å². The summed E-state index contributed by atoms with van der Waals surface area (Å²) < 4.78 is 1.90. The molecule has 0 amide bonds. The smallest absolute Gasteiger partial charge is 0.159 e. The molecule has 2 aromatic rings. The van der Waals surface area contributed by atoms with Gasteiger partial charge in [-0.1, -0.05) is 0 Å². The minimum Gasteiger partial charge on any atom is -0.306 e. The van der Waals surface area contributed by atoms with Gasteiger partial charge in [0.15, 0.2) is 5.78 Å². The molecule has 3 heteroatoms. The average Bonchev–Trinajstić information content (AvgIpc) is 2.47. The van der Waals surface area contributed by atoms with Crippen molar-refractivity contribution in [2.75, 3.05) is 0 Å². The Morgan fingerprint density at radius 2 is 2.31 bits per heavy atom. The summed E-state index contributed by atoms with van der Waals surface area (Å²) in [5, 5.41) is 0. The highest BCUT2D eigenvalue weighted by Crippen LogP contribution is 2.11. The first-order chi connectivity index (χ1) is 6.18. The lowest BCUT2D eigenvalue weighted by atomic mass is 10.2. The standard InChI is InChI=1S/C10H10N2O/c1-7-10-5-9(8(2)13)3-4-12(10)6-11-7/h3-6H,1-2H3. The molecule has 0 radical (unpaired) electrons. The number of ketones is 1. The first kappa shape index (κ1) is 7.98. The number of carbonyl (C=O) groups is 1. The zero-order valence-electron chi connectivity index (χ0n) is 7.61. The number of carbonyl (C=O) groups excluding carboxylic acids is 1. The van der Waals surface area contributed by atoms with Crippen LogP contribution in [-0.4, -0.2) is 15.2 Å². The Morgan fingerprint density at radius 3 is 3.00 bits per heavy atom. The molecule has 66 valence electrons. The Morgan fingerprint density at radius 1 is 1.54 bits per heavy atom. The van der Waals surface area contributed by atoms with Gasteiger partial charge in [-0.2, -0.15) is 0 Å². The maximum absolute atomic E-state index is 11.1. The van der Waals surface area contributed by atoms with Crippen LogP contribution in [0.3, 0.4) is 0 Å². The highest BCUT2D eigenvalue weighted by Gasteiger charge is 2.03. The summed E-state index contributed by atoms with van der Waals surface area (Å²) in [7, 11) is 0. The molecule has 0 aliphatic carbocycles. The van der Waals surface area contributed by atoms with Gasteiger partial charge in [-0.15, -0.1) is 0 Å². The van der Waals surface area contributed by atoms with Gasteiger partial charge in [0.05, 0.1) is 17.5 Å². The summed E-state index contributed by atoms with van der Waals surface area (Å²) in [6.45, 7) is 3.50. The van der Waals surface area contributed by atoms with Crippen LogP contribution in [0.5, 0.6) is 0 Å². The average molecular weight is 174 g/mol. The molecule has 13 heavy (non-hydrogen) atoms. The predicted molar refractivity (Wildman–Crippen MR) is 49.9 cm³/mol. The van der Waals surface area contributed by atoms with E-state index in [4.69, 9.17) is 0 Å². The van der Waals surface area contributed by atoms with Crippen molar-refractivity contribution in [3.63, 3.8) is 0 Å². The van der Waals surface area contributed by atoms with E-state index in [1.165, 1.54) is 0 Å². The zero-order chi connectivity index (χ0) is 9.42. The van der Waals surface area contributed by atoms with Crippen molar-refractivity contribution in [3.8, 4) is 0 Å². The van der Waals surface area contributed by atoms with E-state index >= 15 is 0 Å². The lowest BCUT2D eigenvalue weighted by Crippen LogP contribution is -1.93. The Hall–Kier alpha value is -1.64. The second-order valence-corrected chi connectivity index (χ2v) is 3.09. The number of fused-ring (bicyclic) bond motifs is 1. The van der Waals surface area contributed by atoms with Gasteiger partial charge in [-0.25, -0.2) is 4.98 Å². The molecule has 0 saturated carbocycles. The van der Waals surface area contributed by atoms with E-state index in [1.54, 1.807) is 19.3 Å². The topological polar surface area (TPSA) is 34.4 Å². The fourth-order valence-electron chi connectivity index (χ4n) is 1.34. The number of nitrogens with zero attached hydrogens (tertiary/aromatic N) is 2. The third-order valence-corrected chi connectivity index (χ3v) is 2.14. The maximum Gasteiger partial charge on any atom is 0.159 e. The molecule has 2 heterocycles. The van der Waals surface area contributed by atoms with Crippen LogP contribution < -0.4 is 0 Å². The third kappa shape index (κ3) is 1.22. The minimum absolute atomic E-state index is 0.0862. The molecule has 2 rings (SSSR count). The second-order valence-electron chi connectivity index (χ2n) is 3.09. The van der Waals surface area contributed by atoms with Gasteiger partial charge in [0.2, 0.25) is 0 Å². The molecule has 3 nitrogen and oxygen atoms in total. The summed E-state index contributed by atoms with van der Waals surface area (Å²) in [5.41, 5.74) is 2.67. The summed E-state index contributed by atoms with van der Waals surface area (Å²) in [5.74, 6) is 0.0862. The molecule has 0 aliphatic rings. The maximum atomic E-state index is 11.1. The number of hydrogen-bond donors (Lipinski definition) is 0. The molecule has 2 aromatic heterocycles. The summed E-state index contributed by atoms with van der Waals surface area (Å²) >= 11 is 0. The van der Waals surface area contributed by atoms with Crippen LogP contribution in [0.25, 0.3) is 5.52 Å². The molecule has 0 aromatic carbocycles. The van der Waals surface area contributed by atoms with Crippen molar-refractivity contribution < 1.29 is 4.79 Å². The van der Waals surface area contributed by atoms with E-state index in [0.717, 1.165) is 16.8 Å². The number of imidazole rings is 1. The first-order valence-electron chi connectivity index (χ1n) is 4.13. The fourth-order valence-corrected chi connectivity index (χ4v) is 1.34. The summed E-state index contributed by atoms with van der Waals surface area (Å²) in [6, 6.07) is 3.67. The van der Waals surface area contributed by atoms with Gasteiger partial charge >= 0.3 is 0 Å². The number of aryl methyl sites for hydroxylation is 1. The lowest BCUT2D eigenvalue weighted by Gasteiger charge is -1.97. The summed E-state index contributed by atoms with van der Waals surface area (Å²) in [6.07, 6.45) is 3.60. The monoisotopic (exact) mass is 174 g/mol.